The predicted molar refractivity (Wildman–Crippen MR) is 86.6 cm³/mol. The minimum Gasteiger partial charge on any atom is -0.508 e. The van der Waals surface area contributed by atoms with Crippen LogP contribution in [0.2, 0.25) is 0 Å². The molecule has 0 aliphatic heterocycles. The van der Waals surface area contributed by atoms with Gasteiger partial charge in [-0.15, -0.1) is 0 Å². The van der Waals surface area contributed by atoms with E-state index in [4.69, 9.17) is 4.74 Å². The largest absolute Gasteiger partial charge is 0.508 e. The molecule has 6 heteroatoms. The number of carbonyl (C=O) groups excluding carboxylic acids is 1. The fourth-order valence-electron chi connectivity index (χ4n) is 2.06. The van der Waals surface area contributed by atoms with Crippen molar-refractivity contribution in [2.45, 2.75) is 13.0 Å². The van der Waals surface area contributed by atoms with Crippen LogP contribution in [0, 0.1) is 0 Å². The normalized spacial score (nSPS) is 11.6. The molecule has 2 aromatic carbocycles. The van der Waals surface area contributed by atoms with Crippen molar-refractivity contribution in [3.05, 3.63) is 54.1 Å². The van der Waals surface area contributed by atoms with Gasteiger partial charge in [-0.2, -0.15) is 0 Å². The maximum Gasteiger partial charge on any atom is 0.319 e. The molecule has 0 fully saturated rings. The molecule has 5 nitrogen and oxygen atoms in total. The monoisotopic (exact) mass is 318 g/mol. The molecule has 0 radical (unpaired) electrons. The molecular formula is C17H19FN2O3. The Bertz CT molecular complexity index is 664. The maximum absolute atomic E-state index is 12.1. The number of benzene rings is 2. The number of hydrogen-bond acceptors (Lipinski definition) is 3. The molecule has 0 bridgehead atoms. The SMILES string of the molecule is C[C@H](NC(=O)Nc1cccc(OCCF)c1)c1cccc(O)c1. The van der Waals surface area contributed by atoms with Crippen LogP contribution >= 0.6 is 0 Å². The molecular weight excluding hydrogens is 299 g/mol. The van der Waals surface area contributed by atoms with Crippen LogP contribution < -0.4 is 15.4 Å². The molecule has 2 amide bonds. The van der Waals surface area contributed by atoms with E-state index < -0.39 is 6.67 Å². The number of phenolic OH excluding ortho intramolecular Hbond substituents is 1. The van der Waals surface area contributed by atoms with Gasteiger partial charge in [-0.1, -0.05) is 18.2 Å². The molecule has 0 aromatic heterocycles. The summed E-state index contributed by atoms with van der Waals surface area (Å²) in [6, 6.07) is 12.8. The van der Waals surface area contributed by atoms with Crippen LogP contribution in [0.3, 0.4) is 0 Å². The van der Waals surface area contributed by atoms with E-state index in [9.17, 15) is 14.3 Å². The van der Waals surface area contributed by atoms with E-state index in [-0.39, 0.29) is 24.4 Å². The van der Waals surface area contributed by atoms with Crippen molar-refractivity contribution in [3.63, 3.8) is 0 Å². The van der Waals surface area contributed by atoms with Gasteiger partial charge in [-0.25, -0.2) is 9.18 Å². The fraction of sp³-hybridized carbons (Fsp3) is 0.235. The van der Waals surface area contributed by atoms with E-state index in [1.165, 1.54) is 0 Å². The molecule has 0 heterocycles. The number of alkyl halides is 1. The summed E-state index contributed by atoms with van der Waals surface area (Å²) in [5, 5.41) is 14.9. The molecule has 0 spiro atoms. The summed E-state index contributed by atoms with van der Waals surface area (Å²) in [4.78, 5) is 12.0. The lowest BCUT2D eigenvalue weighted by Crippen LogP contribution is -2.31. The van der Waals surface area contributed by atoms with Gasteiger partial charge in [0.15, 0.2) is 0 Å². The molecule has 2 aromatic rings. The Balaban J connectivity index is 1.94. The first-order valence-electron chi connectivity index (χ1n) is 7.24. The second-order valence-corrected chi connectivity index (χ2v) is 4.98. The lowest BCUT2D eigenvalue weighted by atomic mass is 10.1. The molecule has 0 unspecified atom stereocenters. The predicted octanol–water partition coefficient (Wildman–Crippen LogP) is 3.62. The summed E-state index contributed by atoms with van der Waals surface area (Å²) in [6.07, 6.45) is 0. The summed E-state index contributed by atoms with van der Waals surface area (Å²) < 4.78 is 17.3. The van der Waals surface area contributed by atoms with Gasteiger partial charge in [-0.3, -0.25) is 0 Å². The molecule has 0 saturated heterocycles. The number of amides is 2. The molecule has 1 atom stereocenters. The number of nitrogens with one attached hydrogen (secondary N) is 2. The van der Waals surface area contributed by atoms with Gasteiger partial charge < -0.3 is 20.5 Å². The van der Waals surface area contributed by atoms with Gasteiger partial charge >= 0.3 is 6.03 Å². The van der Waals surface area contributed by atoms with Crippen LogP contribution in [0.4, 0.5) is 14.9 Å². The third-order valence-corrected chi connectivity index (χ3v) is 3.16. The summed E-state index contributed by atoms with van der Waals surface area (Å²) in [6.45, 7) is 1.22. The van der Waals surface area contributed by atoms with E-state index in [0.717, 1.165) is 5.56 Å². The van der Waals surface area contributed by atoms with Crippen molar-refractivity contribution >= 4 is 11.7 Å². The Morgan fingerprint density at radius 3 is 2.78 bits per heavy atom. The third kappa shape index (κ3) is 5.18. The molecule has 122 valence electrons. The van der Waals surface area contributed by atoms with Gasteiger partial charge in [0.2, 0.25) is 0 Å². The Morgan fingerprint density at radius 1 is 1.26 bits per heavy atom. The average Bonchev–Trinajstić information content (AvgIpc) is 2.53. The van der Waals surface area contributed by atoms with Gasteiger partial charge in [0.1, 0.15) is 24.8 Å². The molecule has 2 rings (SSSR count). The highest BCUT2D eigenvalue weighted by Gasteiger charge is 2.10. The molecule has 3 N–H and O–H groups in total. The number of rotatable bonds is 6. The number of aromatic hydroxyl groups is 1. The Kier molecular flexibility index (Phi) is 5.80. The fourth-order valence-corrected chi connectivity index (χ4v) is 2.06. The van der Waals surface area contributed by atoms with E-state index in [0.29, 0.717) is 11.4 Å². The quantitative estimate of drug-likeness (QED) is 0.762. The van der Waals surface area contributed by atoms with Crippen molar-refractivity contribution in [2.75, 3.05) is 18.6 Å². The Labute approximate surface area is 134 Å². The van der Waals surface area contributed by atoms with Gasteiger partial charge in [0.05, 0.1) is 6.04 Å². The second-order valence-electron chi connectivity index (χ2n) is 4.98. The summed E-state index contributed by atoms with van der Waals surface area (Å²) in [7, 11) is 0. The Hall–Kier alpha value is -2.76. The van der Waals surface area contributed by atoms with Crippen molar-refractivity contribution in [3.8, 4) is 11.5 Å². The van der Waals surface area contributed by atoms with Crippen LogP contribution in [-0.2, 0) is 0 Å². The van der Waals surface area contributed by atoms with Gasteiger partial charge in [0, 0.05) is 11.8 Å². The van der Waals surface area contributed by atoms with Crippen LogP contribution in [0.5, 0.6) is 11.5 Å². The lowest BCUT2D eigenvalue weighted by molar-refractivity contribution is 0.249. The maximum atomic E-state index is 12.1. The van der Waals surface area contributed by atoms with E-state index in [1.54, 1.807) is 42.5 Å². The third-order valence-electron chi connectivity index (χ3n) is 3.16. The number of halogens is 1. The number of hydrogen-bond donors (Lipinski definition) is 3. The molecule has 0 saturated carbocycles. The number of urea groups is 1. The zero-order valence-corrected chi connectivity index (χ0v) is 12.8. The van der Waals surface area contributed by atoms with Gasteiger partial charge in [0.25, 0.3) is 0 Å². The summed E-state index contributed by atoms with van der Waals surface area (Å²) in [5.41, 5.74) is 1.34. The molecule has 0 aliphatic rings. The zero-order chi connectivity index (χ0) is 16.7. The number of anilines is 1. The highest BCUT2D eigenvalue weighted by Crippen LogP contribution is 2.19. The standard InChI is InChI=1S/C17H19FN2O3/c1-12(13-4-2-6-15(21)10-13)19-17(22)20-14-5-3-7-16(11-14)23-9-8-18/h2-7,10-12,21H,8-9H2,1H3,(H2,19,20,22)/t12-/m0/s1. The smallest absolute Gasteiger partial charge is 0.319 e. The van der Waals surface area contributed by atoms with Crippen molar-refractivity contribution < 1.29 is 19.0 Å². The summed E-state index contributed by atoms with van der Waals surface area (Å²) >= 11 is 0. The first kappa shape index (κ1) is 16.6. The van der Waals surface area contributed by atoms with Gasteiger partial charge in [-0.05, 0) is 36.8 Å². The topological polar surface area (TPSA) is 70.6 Å². The van der Waals surface area contributed by atoms with Crippen molar-refractivity contribution in [1.29, 1.82) is 0 Å². The van der Waals surface area contributed by atoms with Crippen LogP contribution in [0.25, 0.3) is 0 Å². The highest BCUT2D eigenvalue weighted by molar-refractivity contribution is 5.89. The first-order valence-corrected chi connectivity index (χ1v) is 7.24. The van der Waals surface area contributed by atoms with Crippen molar-refractivity contribution in [2.24, 2.45) is 0 Å². The molecule has 0 aliphatic carbocycles. The van der Waals surface area contributed by atoms with Crippen molar-refractivity contribution in [1.82, 2.24) is 5.32 Å². The lowest BCUT2D eigenvalue weighted by Gasteiger charge is -2.15. The minimum absolute atomic E-state index is 0.0236. The van der Waals surface area contributed by atoms with E-state index in [1.807, 2.05) is 13.0 Å². The number of phenols is 1. The molecule has 23 heavy (non-hydrogen) atoms. The highest BCUT2D eigenvalue weighted by atomic mass is 19.1. The average molecular weight is 318 g/mol. The van der Waals surface area contributed by atoms with E-state index in [2.05, 4.69) is 10.6 Å². The minimum atomic E-state index is -0.570. The Morgan fingerprint density at radius 2 is 2.04 bits per heavy atom. The second kappa shape index (κ2) is 8.03. The summed E-state index contributed by atoms with van der Waals surface area (Å²) in [5.74, 6) is 0.635. The number of ether oxygens (including phenoxy) is 1. The van der Waals surface area contributed by atoms with Crippen LogP contribution in [-0.4, -0.2) is 24.4 Å². The first-order chi connectivity index (χ1) is 11.1. The van der Waals surface area contributed by atoms with E-state index >= 15 is 0 Å². The van der Waals surface area contributed by atoms with Crippen LogP contribution in [0.15, 0.2) is 48.5 Å². The van der Waals surface area contributed by atoms with Crippen LogP contribution in [0.1, 0.15) is 18.5 Å². The zero-order valence-electron chi connectivity index (χ0n) is 12.8. The number of carbonyl (C=O) groups is 1.